The van der Waals surface area contributed by atoms with E-state index in [0.717, 1.165) is 43.7 Å². The Morgan fingerprint density at radius 3 is 3.04 bits per heavy atom. The maximum absolute atomic E-state index is 12.8. The first-order chi connectivity index (χ1) is 11.3. The summed E-state index contributed by atoms with van der Waals surface area (Å²) >= 11 is 1.28. The van der Waals surface area contributed by atoms with Crippen molar-refractivity contribution in [3.63, 3.8) is 0 Å². The molecular weight excluding hydrogens is 312 g/mol. The Morgan fingerprint density at radius 2 is 2.30 bits per heavy atom. The summed E-state index contributed by atoms with van der Waals surface area (Å²) in [5, 5.41) is 3.57. The van der Waals surface area contributed by atoms with Crippen LogP contribution in [-0.4, -0.2) is 36.8 Å². The van der Waals surface area contributed by atoms with Crippen molar-refractivity contribution < 1.29 is 4.79 Å². The van der Waals surface area contributed by atoms with Gasteiger partial charge in [-0.15, -0.1) is 0 Å². The Morgan fingerprint density at radius 1 is 1.43 bits per heavy atom. The third kappa shape index (κ3) is 2.00. The van der Waals surface area contributed by atoms with Crippen LogP contribution in [0.25, 0.3) is 0 Å². The third-order valence-electron chi connectivity index (χ3n) is 5.29. The molecule has 1 spiro atoms. The van der Waals surface area contributed by atoms with Crippen LogP contribution in [0.3, 0.4) is 0 Å². The maximum atomic E-state index is 12.8. The number of urea groups is 1. The van der Waals surface area contributed by atoms with Crippen LogP contribution in [0.5, 0.6) is 0 Å². The number of hydrogen-bond donors (Lipinski definition) is 2. The summed E-state index contributed by atoms with van der Waals surface area (Å²) in [7, 11) is 0. The van der Waals surface area contributed by atoms with Crippen molar-refractivity contribution in [3.05, 3.63) is 23.5 Å². The van der Waals surface area contributed by atoms with Crippen molar-refractivity contribution in [2.24, 2.45) is 0 Å². The van der Waals surface area contributed by atoms with E-state index in [1.54, 1.807) is 6.33 Å². The molecule has 2 aromatic rings. The minimum absolute atomic E-state index is 0.0724. The van der Waals surface area contributed by atoms with E-state index in [-0.39, 0.29) is 11.6 Å². The van der Waals surface area contributed by atoms with Crippen molar-refractivity contribution in [1.82, 2.24) is 24.2 Å². The van der Waals surface area contributed by atoms with Gasteiger partial charge in [0.2, 0.25) is 5.13 Å². The molecule has 120 valence electrons. The molecule has 1 aliphatic heterocycles. The first kappa shape index (κ1) is 13.5. The monoisotopic (exact) mass is 330 g/mol. The molecule has 2 saturated carbocycles. The van der Waals surface area contributed by atoms with E-state index in [0.29, 0.717) is 11.0 Å². The van der Waals surface area contributed by atoms with Crippen LogP contribution in [0.2, 0.25) is 0 Å². The lowest BCUT2D eigenvalue weighted by atomic mass is 9.70. The zero-order valence-electron chi connectivity index (χ0n) is 12.7. The second-order valence-electron chi connectivity index (χ2n) is 6.68. The first-order valence-corrected chi connectivity index (χ1v) is 8.98. The maximum Gasteiger partial charge on any atom is 0.324 e. The number of fused-ring (bicyclic) bond motifs is 2. The Labute approximate surface area is 137 Å². The minimum Gasteiger partial charge on any atom is -0.348 e. The fraction of sp³-hybridized carbons (Fsp3) is 0.600. The molecule has 23 heavy (non-hydrogen) atoms. The van der Waals surface area contributed by atoms with Gasteiger partial charge in [-0.05, 0) is 32.1 Å². The molecule has 0 aromatic carbocycles. The second-order valence-corrected chi connectivity index (χ2v) is 7.43. The Balaban J connectivity index is 1.39. The molecule has 8 heteroatoms. The van der Waals surface area contributed by atoms with Gasteiger partial charge in [-0.25, -0.2) is 14.8 Å². The van der Waals surface area contributed by atoms with E-state index >= 15 is 0 Å². The molecule has 0 atom stereocenters. The van der Waals surface area contributed by atoms with Crippen molar-refractivity contribution >= 4 is 22.7 Å². The van der Waals surface area contributed by atoms with Gasteiger partial charge in [-0.1, -0.05) is 0 Å². The molecule has 2 aromatic heterocycles. The summed E-state index contributed by atoms with van der Waals surface area (Å²) in [6.45, 7) is 0.718. The summed E-state index contributed by atoms with van der Waals surface area (Å²) < 4.78 is 4.35. The minimum atomic E-state index is -0.221. The predicted molar refractivity (Wildman–Crippen MR) is 85.4 cm³/mol. The molecule has 2 amide bonds. The number of carbonyl (C=O) groups is 1. The number of amides is 2. The molecule has 2 fully saturated rings. The summed E-state index contributed by atoms with van der Waals surface area (Å²) in [6.07, 6.45) is 8.03. The number of carbonyl (C=O) groups excluding carboxylic acids is 1. The molecule has 7 nitrogen and oxygen atoms in total. The highest BCUT2D eigenvalue weighted by Gasteiger charge is 2.51. The van der Waals surface area contributed by atoms with Gasteiger partial charge >= 0.3 is 6.03 Å². The first-order valence-electron chi connectivity index (χ1n) is 8.21. The van der Waals surface area contributed by atoms with E-state index in [1.807, 2.05) is 4.90 Å². The van der Waals surface area contributed by atoms with Gasteiger partial charge in [0.25, 0.3) is 0 Å². The Kier molecular flexibility index (Phi) is 2.79. The molecule has 3 aliphatic rings. The highest BCUT2D eigenvalue weighted by molar-refractivity contribution is 7.09. The van der Waals surface area contributed by atoms with E-state index in [2.05, 4.69) is 24.6 Å². The molecule has 3 heterocycles. The lowest BCUT2D eigenvalue weighted by Crippen LogP contribution is -2.58. The van der Waals surface area contributed by atoms with Crippen LogP contribution in [0, 0.1) is 0 Å². The van der Waals surface area contributed by atoms with Gasteiger partial charge in [0, 0.05) is 36.1 Å². The van der Waals surface area contributed by atoms with E-state index in [4.69, 9.17) is 0 Å². The van der Waals surface area contributed by atoms with Gasteiger partial charge in [0.05, 0.1) is 17.6 Å². The van der Waals surface area contributed by atoms with Gasteiger partial charge in [0.1, 0.15) is 5.82 Å². The number of aromatic nitrogens is 4. The smallest absolute Gasteiger partial charge is 0.324 e. The molecular formula is C15H18N6OS. The van der Waals surface area contributed by atoms with Gasteiger partial charge in [0.15, 0.2) is 0 Å². The predicted octanol–water partition coefficient (Wildman–Crippen LogP) is 2.61. The zero-order valence-corrected chi connectivity index (χ0v) is 13.5. The molecule has 2 aliphatic carbocycles. The Hall–Kier alpha value is -1.96. The normalized spacial score (nSPS) is 21.8. The van der Waals surface area contributed by atoms with Crippen LogP contribution in [0.15, 0.2) is 6.33 Å². The van der Waals surface area contributed by atoms with Gasteiger partial charge < -0.3 is 9.88 Å². The summed E-state index contributed by atoms with van der Waals surface area (Å²) in [5.41, 5.74) is 2.02. The summed E-state index contributed by atoms with van der Waals surface area (Å²) in [4.78, 5) is 27.0. The second kappa shape index (κ2) is 4.77. The van der Waals surface area contributed by atoms with Crippen molar-refractivity contribution in [2.75, 3.05) is 11.9 Å². The number of H-pyrrole nitrogens is 1. The number of nitrogens with one attached hydrogen (secondary N) is 2. The van der Waals surface area contributed by atoms with E-state index in [9.17, 15) is 4.79 Å². The fourth-order valence-corrected chi connectivity index (χ4v) is 4.38. The molecule has 5 rings (SSSR count). The van der Waals surface area contributed by atoms with Crippen LogP contribution < -0.4 is 5.32 Å². The topological polar surface area (TPSA) is 86.8 Å². The third-order valence-corrected chi connectivity index (χ3v) is 5.93. The largest absolute Gasteiger partial charge is 0.348 e. The van der Waals surface area contributed by atoms with Gasteiger partial charge in [-0.2, -0.15) is 4.37 Å². The Bertz CT molecular complexity index is 760. The molecule has 0 saturated heterocycles. The van der Waals surface area contributed by atoms with Crippen molar-refractivity contribution in [3.8, 4) is 0 Å². The highest BCUT2D eigenvalue weighted by atomic mass is 32.1. The van der Waals surface area contributed by atoms with Gasteiger partial charge in [-0.3, -0.25) is 5.32 Å². The number of imidazole rings is 1. The summed E-state index contributed by atoms with van der Waals surface area (Å²) in [5.74, 6) is 1.40. The van der Waals surface area contributed by atoms with Crippen LogP contribution in [-0.2, 0) is 12.0 Å². The van der Waals surface area contributed by atoms with Crippen LogP contribution in [0.1, 0.15) is 55.2 Å². The van der Waals surface area contributed by atoms with E-state index in [1.165, 1.54) is 30.1 Å². The van der Waals surface area contributed by atoms with Crippen LogP contribution >= 0.6 is 11.5 Å². The number of nitrogens with zero attached hydrogens (tertiary/aromatic N) is 4. The SMILES string of the molecule is O=C(Nc1nc(C2CC2)ns1)N1CCc2[nH]cnc2C12CCC2. The number of aromatic amines is 1. The highest BCUT2D eigenvalue weighted by Crippen LogP contribution is 2.49. The molecule has 0 bridgehead atoms. The number of anilines is 1. The lowest BCUT2D eigenvalue weighted by molar-refractivity contribution is 0.0360. The summed E-state index contributed by atoms with van der Waals surface area (Å²) in [6, 6.07) is -0.0724. The lowest BCUT2D eigenvalue weighted by Gasteiger charge is -2.51. The van der Waals surface area contributed by atoms with Crippen LogP contribution in [0.4, 0.5) is 9.93 Å². The molecule has 0 unspecified atom stereocenters. The fourth-order valence-electron chi connectivity index (χ4n) is 3.74. The van der Waals surface area contributed by atoms with Crippen molar-refractivity contribution in [2.45, 2.75) is 50.0 Å². The molecule has 2 N–H and O–H groups in total. The number of hydrogen-bond acceptors (Lipinski definition) is 5. The molecule has 0 radical (unpaired) electrons. The average molecular weight is 330 g/mol. The van der Waals surface area contributed by atoms with Crippen molar-refractivity contribution in [1.29, 1.82) is 0 Å². The number of rotatable bonds is 2. The standard InChI is InChI=1S/C15H18N6OS/c22-14(19-13-18-12(20-23-13)9-2-3-9)21-7-4-10-11(17-8-16-10)15(21)5-1-6-15/h8-9H,1-7H2,(H,16,17)(H,18,19,20,22). The van der Waals surface area contributed by atoms with E-state index < -0.39 is 0 Å². The zero-order chi connectivity index (χ0) is 15.4. The quantitative estimate of drug-likeness (QED) is 0.886. The average Bonchev–Trinajstić information content (AvgIpc) is 3.06.